The summed E-state index contributed by atoms with van der Waals surface area (Å²) in [6, 6.07) is 17.0. The number of hydrogen-bond donors (Lipinski definition) is 3. The van der Waals surface area contributed by atoms with Crippen molar-refractivity contribution in [3.05, 3.63) is 98.9 Å². The van der Waals surface area contributed by atoms with E-state index in [0.29, 0.717) is 29.4 Å². The number of pyridine rings is 1. The first-order valence-electron chi connectivity index (χ1n) is 10.2. The SMILES string of the molecule is CC(C)NC(=O)NCc1ccc(C(=O)Nc2ccc(=O)n(Cc3ccccc3Cl)c2)cc1. The molecule has 1 aromatic heterocycles. The van der Waals surface area contributed by atoms with Gasteiger partial charge in [-0.1, -0.05) is 41.9 Å². The van der Waals surface area contributed by atoms with Crippen LogP contribution in [0.1, 0.15) is 35.3 Å². The van der Waals surface area contributed by atoms with Crippen LogP contribution in [-0.2, 0) is 13.1 Å². The monoisotopic (exact) mass is 452 g/mol. The summed E-state index contributed by atoms with van der Waals surface area (Å²) in [5.74, 6) is -0.301. The number of amides is 3. The number of anilines is 1. The Morgan fingerprint density at radius 1 is 1.00 bits per heavy atom. The normalized spacial score (nSPS) is 10.6. The Morgan fingerprint density at radius 2 is 1.72 bits per heavy atom. The number of rotatable bonds is 7. The molecule has 3 rings (SSSR count). The van der Waals surface area contributed by atoms with E-state index < -0.39 is 0 Å². The lowest BCUT2D eigenvalue weighted by Gasteiger charge is -2.11. The maximum atomic E-state index is 12.6. The van der Waals surface area contributed by atoms with Gasteiger partial charge in [0.2, 0.25) is 0 Å². The highest BCUT2D eigenvalue weighted by Gasteiger charge is 2.09. The second-order valence-electron chi connectivity index (χ2n) is 7.61. The van der Waals surface area contributed by atoms with Crippen LogP contribution in [0.3, 0.4) is 0 Å². The van der Waals surface area contributed by atoms with Gasteiger partial charge in [0.25, 0.3) is 11.5 Å². The highest BCUT2D eigenvalue weighted by Crippen LogP contribution is 2.16. The molecule has 8 heteroatoms. The summed E-state index contributed by atoms with van der Waals surface area (Å²) < 4.78 is 1.49. The summed E-state index contributed by atoms with van der Waals surface area (Å²) in [6.45, 7) is 4.42. The number of halogens is 1. The molecule has 0 aliphatic rings. The quantitative estimate of drug-likeness (QED) is 0.505. The van der Waals surface area contributed by atoms with E-state index in [1.54, 1.807) is 42.6 Å². The zero-order chi connectivity index (χ0) is 23.1. The molecule has 7 nitrogen and oxygen atoms in total. The fourth-order valence-corrected chi connectivity index (χ4v) is 3.21. The zero-order valence-corrected chi connectivity index (χ0v) is 18.6. The third-order valence-corrected chi connectivity index (χ3v) is 5.00. The molecule has 3 N–H and O–H groups in total. The summed E-state index contributed by atoms with van der Waals surface area (Å²) in [5, 5.41) is 8.89. The van der Waals surface area contributed by atoms with Crippen LogP contribution in [0, 0.1) is 0 Å². The molecule has 2 aromatic carbocycles. The maximum Gasteiger partial charge on any atom is 0.315 e. The summed E-state index contributed by atoms with van der Waals surface area (Å²) in [5.41, 5.74) is 2.45. The Hall–Kier alpha value is -3.58. The van der Waals surface area contributed by atoms with Gasteiger partial charge >= 0.3 is 6.03 Å². The average molecular weight is 453 g/mol. The molecular weight excluding hydrogens is 428 g/mol. The van der Waals surface area contributed by atoms with E-state index in [0.717, 1.165) is 11.1 Å². The number of aromatic nitrogens is 1. The minimum absolute atomic E-state index is 0.0557. The fourth-order valence-electron chi connectivity index (χ4n) is 3.01. The van der Waals surface area contributed by atoms with Crippen molar-refractivity contribution in [1.29, 1.82) is 0 Å². The molecule has 0 aliphatic carbocycles. The summed E-state index contributed by atoms with van der Waals surface area (Å²) in [4.78, 5) is 36.5. The van der Waals surface area contributed by atoms with Crippen molar-refractivity contribution in [1.82, 2.24) is 15.2 Å². The van der Waals surface area contributed by atoms with Gasteiger partial charge in [0.15, 0.2) is 0 Å². The Kier molecular flexibility index (Phi) is 7.68. The van der Waals surface area contributed by atoms with E-state index in [2.05, 4.69) is 16.0 Å². The third kappa shape index (κ3) is 6.46. The van der Waals surface area contributed by atoms with Crippen LogP contribution in [0.5, 0.6) is 0 Å². The number of urea groups is 1. The Morgan fingerprint density at radius 3 is 2.41 bits per heavy atom. The van der Waals surface area contributed by atoms with Crippen LogP contribution in [0.4, 0.5) is 10.5 Å². The van der Waals surface area contributed by atoms with Gasteiger partial charge in [-0.2, -0.15) is 0 Å². The summed E-state index contributed by atoms with van der Waals surface area (Å²) in [7, 11) is 0. The summed E-state index contributed by atoms with van der Waals surface area (Å²) >= 11 is 6.19. The van der Waals surface area contributed by atoms with Gasteiger partial charge < -0.3 is 20.5 Å². The largest absolute Gasteiger partial charge is 0.336 e. The van der Waals surface area contributed by atoms with E-state index in [-0.39, 0.29) is 23.5 Å². The molecule has 0 saturated heterocycles. The van der Waals surface area contributed by atoms with Crippen molar-refractivity contribution < 1.29 is 9.59 Å². The van der Waals surface area contributed by atoms with Crippen molar-refractivity contribution >= 4 is 29.2 Å². The van der Waals surface area contributed by atoms with Gasteiger partial charge in [0.05, 0.1) is 12.2 Å². The van der Waals surface area contributed by atoms with Gasteiger partial charge in [0.1, 0.15) is 0 Å². The van der Waals surface area contributed by atoms with Crippen LogP contribution in [-0.4, -0.2) is 22.5 Å². The predicted molar refractivity (Wildman–Crippen MR) is 126 cm³/mol. The number of hydrogen-bond acceptors (Lipinski definition) is 3. The number of benzene rings is 2. The van der Waals surface area contributed by atoms with E-state index in [1.807, 2.05) is 32.0 Å². The molecule has 0 aliphatic heterocycles. The lowest BCUT2D eigenvalue weighted by Crippen LogP contribution is -2.39. The highest BCUT2D eigenvalue weighted by molar-refractivity contribution is 6.31. The van der Waals surface area contributed by atoms with Gasteiger partial charge in [0, 0.05) is 35.4 Å². The molecule has 0 unspecified atom stereocenters. The molecule has 3 aromatic rings. The zero-order valence-electron chi connectivity index (χ0n) is 17.9. The van der Waals surface area contributed by atoms with E-state index in [4.69, 9.17) is 11.6 Å². The van der Waals surface area contributed by atoms with Crippen molar-refractivity contribution in [2.75, 3.05) is 5.32 Å². The standard InChI is InChI=1S/C24H25ClN4O3/c1-16(2)27-24(32)26-13-17-7-9-18(10-8-17)23(31)28-20-11-12-22(30)29(15-20)14-19-5-3-4-6-21(19)25/h3-12,15-16H,13-14H2,1-2H3,(H,28,31)(H2,26,27,32). The lowest BCUT2D eigenvalue weighted by atomic mass is 10.1. The van der Waals surface area contributed by atoms with Gasteiger partial charge in [-0.25, -0.2) is 4.79 Å². The Balaban J connectivity index is 1.63. The Labute approximate surface area is 191 Å². The first kappa shape index (κ1) is 23.1. The minimum atomic E-state index is -0.301. The topological polar surface area (TPSA) is 92.2 Å². The molecule has 0 radical (unpaired) electrons. The van der Waals surface area contributed by atoms with E-state index >= 15 is 0 Å². The second-order valence-corrected chi connectivity index (χ2v) is 8.02. The van der Waals surface area contributed by atoms with Gasteiger partial charge in [-0.3, -0.25) is 9.59 Å². The first-order valence-corrected chi connectivity index (χ1v) is 10.6. The molecule has 0 bridgehead atoms. The first-order chi connectivity index (χ1) is 15.3. The van der Waals surface area contributed by atoms with Crippen LogP contribution < -0.4 is 21.5 Å². The van der Waals surface area contributed by atoms with Gasteiger partial charge in [-0.15, -0.1) is 0 Å². The number of nitrogens with zero attached hydrogens (tertiary/aromatic N) is 1. The molecule has 166 valence electrons. The molecule has 0 atom stereocenters. The Bertz CT molecular complexity index is 1160. The van der Waals surface area contributed by atoms with Crippen molar-refractivity contribution in [2.24, 2.45) is 0 Å². The minimum Gasteiger partial charge on any atom is -0.336 e. The molecular formula is C24H25ClN4O3. The number of carbonyl (C=O) groups is 2. The lowest BCUT2D eigenvalue weighted by molar-refractivity contribution is 0.102. The molecule has 1 heterocycles. The van der Waals surface area contributed by atoms with E-state index in [1.165, 1.54) is 10.6 Å². The van der Waals surface area contributed by atoms with Crippen molar-refractivity contribution in [3.63, 3.8) is 0 Å². The smallest absolute Gasteiger partial charge is 0.315 e. The molecule has 0 saturated carbocycles. The molecule has 0 spiro atoms. The number of nitrogens with one attached hydrogen (secondary N) is 3. The fraction of sp³-hybridized carbons (Fsp3) is 0.208. The predicted octanol–water partition coefficient (Wildman–Crippen LogP) is 4.01. The van der Waals surface area contributed by atoms with Crippen LogP contribution in [0.15, 0.2) is 71.7 Å². The van der Waals surface area contributed by atoms with Crippen LogP contribution in [0.2, 0.25) is 5.02 Å². The van der Waals surface area contributed by atoms with Gasteiger partial charge in [-0.05, 0) is 49.2 Å². The highest BCUT2D eigenvalue weighted by atomic mass is 35.5. The second kappa shape index (κ2) is 10.6. The number of carbonyl (C=O) groups excluding carboxylic acids is 2. The third-order valence-electron chi connectivity index (χ3n) is 4.63. The van der Waals surface area contributed by atoms with Crippen molar-refractivity contribution in [2.45, 2.75) is 33.0 Å². The van der Waals surface area contributed by atoms with Crippen LogP contribution in [0.25, 0.3) is 0 Å². The average Bonchev–Trinajstić information content (AvgIpc) is 2.76. The van der Waals surface area contributed by atoms with Crippen molar-refractivity contribution in [3.8, 4) is 0 Å². The molecule has 32 heavy (non-hydrogen) atoms. The van der Waals surface area contributed by atoms with Crippen LogP contribution >= 0.6 is 11.6 Å². The van der Waals surface area contributed by atoms with E-state index in [9.17, 15) is 14.4 Å². The molecule has 3 amide bonds. The molecule has 0 fully saturated rings. The summed E-state index contributed by atoms with van der Waals surface area (Å²) in [6.07, 6.45) is 1.59. The maximum absolute atomic E-state index is 12.6.